The van der Waals surface area contributed by atoms with Gasteiger partial charge in [0.15, 0.2) is 11.6 Å². The lowest BCUT2D eigenvalue weighted by atomic mass is 9.96. The highest BCUT2D eigenvalue weighted by molar-refractivity contribution is 6.46. The van der Waals surface area contributed by atoms with Crippen LogP contribution >= 0.6 is 0 Å². The molecule has 0 radical (unpaired) electrons. The minimum Gasteiger partial charge on any atom is -0.507 e. The minimum absolute atomic E-state index is 0.00416. The number of hydrogen-bond acceptors (Lipinski definition) is 6. The summed E-state index contributed by atoms with van der Waals surface area (Å²) in [4.78, 5) is 31.0. The van der Waals surface area contributed by atoms with Crippen molar-refractivity contribution < 1.29 is 28.2 Å². The van der Waals surface area contributed by atoms with Gasteiger partial charge in [-0.3, -0.25) is 14.6 Å². The number of aliphatic hydroxyl groups is 1. The fourth-order valence-corrected chi connectivity index (χ4v) is 3.47. The zero-order valence-corrected chi connectivity index (χ0v) is 15.9. The van der Waals surface area contributed by atoms with Crippen LogP contribution in [0.15, 0.2) is 71.1 Å². The predicted molar refractivity (Wildman–Crippen MR) is 104 cm³/mol. The maximum atomic E-state index is 14.2. The number of carbonyl (C=O) groups excluding carboxylic acids is 2. The van der Waals surface area contributed by atoms with E-state index in [1.165, 1.54) is 42.8 Å². The first-order chi connectivity index (χ1) is 14.5. The van der Waals surface area contributed by atoms with E-state index in [1.807, 2.05) is 0 Å². The Morgan fingerprint density at radius 1 is 1.23 bits per heavy atom. The number of halogens is 1. The number of methoxy groups -OCH3 is 1. The molecule has 0 bridgehead atoms. The minimum atomic E-state index is -0.886. The van der Waals surface area contributed by atoms with Crippen molar-refractivity contribution >= 4 is 17.4 Å². The van der Waals surface area contributed by atoms with E-state index in [2.05, 4.69) is 4.98 Å². The summed E-state index contributed by atoms with van der Waals surface area (Å²) in [7, 11) is 1.32. The van der Waals surface area contributed by atoms with Gasteiger partial charge in [-0.1, -0.05) is 0 Å². The van der Waals surface area contributed by atoms with Crippen LogP contribution in [0.2, 0.25) is 0 Å². The standard InChI is InChI=1S/C22H17FN2O5/c1-29-17-5-4-14(11-16(17)23)20(26)18-19(13-6-8-24-9-7-13)25(22(28)21(18)27)12-15-3-2-10-30-15/h2-11,19,26H,12H2,1H3/t19-/m0/s1. The number of rotatable bonds is 5. The van der Waals surface area contributed by atoms with Crippen LogP contribution in [0.25, 0.3) is 5.76 Å². The summed E-state index contributed by atoms with van der Waals surface area (Å²) in [5.74, 6) is -2.35. The Labute approximate surface area is 171 Å². The molecule has 30 heavy (non-hydrogen) atoms. The number of pyridine rings is 1. The molecule has 0 saturated carbocycles. The Hall–Kier alpha value is -3.94. The van der Waals surface area contributed by atoms with Crippen LogP contribution in [0.4, 0.5) is 4.39 Å². The summed E-state index contributed by atoms with van der Waals surface area (Å²) in [5.41, 5.74) is 0.497. The van der Waals surface area contributed by atoms with Crippen LogP contribution in [0, 0.1) is 5.82 Å². The topological polar surface area (TPSA) is 92.9 Å². The molecule has 3 heterocycles. The predicted octanol–water partition coefficient (Wildman–Crippen LogP) is 3.44. The average molecular weight is 408 g/mol. The second-order valence-corrected chi connectivity index (χ2v) is 6.64. The monoisotopic (exact) mass is 408 g/mol. The second-order valence-electron chi connectivity index (χ2n) is 6.64. The third kappa shape index (κ3) is 3.32. The highest BCUT2D eigenvalue weighted by Crippen LogP contribution is 2.40. The largest absolute Gasteiger partial charge is 0.507 e. The molecule has 1 fully saturated rings. The molecule has 1 atom stereocenters. The van der Waals surface area contributed by atoms with E-state index in [9.17, 15) is 19.1 Å². The van der Waals surface area contributed by atoms with Crippen LogP contribution < -0.4 is 4.74 Å². The smallest absolute Gasteiger partial charge is 0.296 e. The highest BCUT2D eigenvalue weighted by Gasteiger charge is 2.46. The van der Waals surface area contributed by atoms with Crippen LogP contribution in [0.5, 0.6) is 5.75 Å². The number of aromatic nitrogens is 1. The first-order valence-corrected chi connectivity index (χ1v) is 9.06. The molecule has 1 saturated heterocycles. The molecule has 152 valence electrons. The SMILES string of the molecule is COc1ccc(C(O)=C2C(=O)C(=O)N(Cc3ccco3)[C@H]2c2ccncc2)cc1F. The first kappa shape index (κ1) is 19.4. The summed E-state index contributed by atoms with van der Waals surface area (Å²) in [5, 5.41) is 10.9. The maximum Gasteiger partial charge on any atom is 0.296 e. The molecule has 1 aliphatic heterocycles. The van der Waals surface area contributed by atoms with Gasteiger partial charge in [0, 0.05) is 18.0 Å². The number of benzene rings is 1. The van der Waals surface area contributed by atoms with E-state index in [4.69, 9.17) is 9.15 Å². The number of likely N-dealkylation sites (tertiary alicyclic amines) is 1. The Morgan fingerprint density at radius 2 is 2.00 bits per heavy atom. The molecule has 1 aliphatic rings. The molecular weight excluding hydrogens is 391 g/mol. The van der Waals surface area contributed by atoms with Crippen molar-refractivity contribution in [2.45, 2.75) is 12.6 Å². The quantitative estimate of drug-likeness (QED) is 0.395. The number of amides is 1. The molecule has 8 heteroatoms. The Balaban J connectivity index is 1.85. The van der Waals surface area contributed by atoms with Gasteiger partial charge in [0.25, 0.3) is 11.7 Å². The average Bonchev–Trinajstić information content (AvgIpc) is 3.36. The number of nitrogens with zero attached hydrogens (tertiary/aromatic N) is 2. The number of carbonyl (C=O) groups is 2. The summed E-state index contributed by atoms with van der Waals surface area (Å²) in [6.07, 6.45) is 4.51. The fraction of sp³-hybridized carbons (Fsp3) is 0.136. The van der Waals surface area contributed by atoms with E-state index in [0.717, 1.165) is 6.07 Å². The van der Waals surface area contributed by atoms with Crippen LogP contribution in [0.3, 0.4) is 0 Å². The lowest BCUT2D eigenvalue weighted by Gasteiger charge is -2.24. The summed E-state index contributed by atoms with van der Waals surface area (Å²) < 4.78 is 24.4. The van der Waals surface area contributed by atoms with Crippen molar-refractivity contribution in [1.29, 1.82) is 0 Å². The normalized spacial score (nSPS) is 18.1. The molecule has 4 rings (SSSR count). The zero-order chi connectivity index (χ0) is 21.3. The van der Waals surface area contributed by atoms with Crippen LogP contribution in [0.1, 0.15) is 22.9 Å². The number of hydrogen-bond donors (Lipinski definition) is 1. The molecule has 1 N–H and O–H groups in total. The molecular formula is C22H17FN2O5. The van der Waals surface area contributed by atoms with E-state index in [1.54, 1.807) is 24.3 Å². The van der Waals surface area contributed by atoms with Crippen molar-refractivity contribution in [2.24, 2.45) is 0 Å². The molecule has 7 nitrogen and oxygen atoms in total. The van der Waals surface area contributed by atoms with Gasteiger partial charge in [-0.15, -0.1) is 0 Å². The molecule has 3 aromatic rings. The van der Waals surface area contributed by atoms with Crippen LogP contribution in [-0.4, -0.2) is 33.8 Å². The molecule has 1 aromatic carbocycles. The van der Waals surface area contributed by atoms with Gasteiger partial charge in [-0.2, -0.15) is 0 Å². The number of furan rings is 1. The molecule has 2 aromatic heterocycles. The lowest BCUT2D eigenvalue weighted by Crippen LogP contribution is -2.29. The summed E-state index contributed by atoms with van der Waals surface area (Å²) >= 11 is 0. The fourth-order valence-electron chi connectivity index (χ4n) is 3.47. The summed E-state index contributed by atoms with van der Waals surface area (Å²) in [6.45, 7) is 0.0261. The molecule has 1 amide bonds. The van der Waals surface area contributed by atoms with Gasteiger partial charge >= 0.3 is 0 Å². The van der Waals surface area contributed by atoms with Crippen molar-refractivity contribution in [2.75, 3.05) is 7.11 Å². The molecule has 0 spiro atoms. The second kappa shape index (κ2) is 7.82. The number of ketones is 1. The van der Waals surface area contributed by atoms with Gasteiger partial charge in [0.05, 0.1) is 31.5 Å². The maximum absolute atomic E-state index is 14.2. The summed E-state index contributed by atoms with van der Waals surface area (Å²) in [6, 6.07) is 9.57. The van der Waals surface area contributed by atoms with Crippen molar-refractivity contribution in [3.8, 4) is 5.75 Å². The Kier molecular flexibility index (Phi) is 5.05. The van der Waals surface area contributed by atoms with Crippen LogP contribution in [-0.2, 0) is 16.1 Å². The van der Waals surface area contributed by atoms with Crippen molar-refractivity contribution in [1.82, 2.24) is 9.88 Å². The van der Waals surface area contributed by atoms with Gasteiger partial charge in [-0.05, 0) is 48.0 Å². The first-order valence-electron chi connectivity index (χ1n) is 9.06. The zero-order valence-electron chi connectivity index (χ0n) is 15.9. The molecule has 0 aliphatic carbocycles. The number of aliphatic hydroxyl groups excluding tert-OH is 1. The third-order valence-electron chi connectivity index (χ3n) is 4.89. The molecule has 0 unspecified atom stereocenters. The van der Waals surface area contributed by atoms with E-state index in [-0.39, 0.29) is 23.4 Å². The number of ether oxygens (including phenoxy) is 1. The van der Waals surface area contributed by atoms with Gasteiger partial charge < -0.3 is 19.2 Å². The van der Waals surface area contributed by atoms with Crippen molar-refractivity contribution in [3.63, 3.8) is 0 Å². The van der Waals surface area contributed by atoms with E-state index >= 15 is 0 Å². The van der Waals surface area contributed by atoms with E-state index in [0.29, 0.717) is 11.3 Å². The van der Waals surface area contributed by atoms with Gasteiger partial charge in [-0.25, -0.2) is 4.39 Å². The van der Waals surface area contributed by atoms with Gasteiger partial charge in [0.1, 0.15) is 11.5 Å². The van der Waals surface area contributed by atoms with Gasteiger partial charge in [0.2, 0.25) is 0 Å². The number of Topliss-reactive ketones (excluding diaryl/α,β-unsaturated/α-hetero) is 1. The lowest BCUT2D eigenvalue weighted by molar-refractivity contribution is -0.140. The van der Waals surface area contributed by atoms with E-state index < -0.39 is 29.3 Å². The highest BCUT2D eigenvalue weighted by atomic mass is 19.1. The Bertz CT molecular complexity index is 1130. The Morgan fingerprint density at radius 3 is 2.63 bits per heavy atom. The third-order valence-corrected chi connectivity index (χ3v) is 4.89. The van der Waals surface area contributed by atoms with Crippen molar-refractivity contribution in [3.05, 3.63) is 89.4 Å².